The molecular weight excluding hydrogens is 310 g/mol. The van der Waals surface area contributed by atoms with E-state index < -0.39 is 9.84 Å². The largest absolute Gasteiger partial charge is 0.328 e. The van der Waals surface area contributed by atoms with Crippen molar-refractivity contribution in [1.82, 2.24) is 14.5 Å². The second-order valence-electron chi connectivity index (χ2n) is 5.94. The lowest BCUT2D eigenvalue weighted by Gasteiger charge is -2.25. The van der Waals surface area contributed by atoms with Gasteiger partial charge >= 0.3 is 0 Å². The third kappa shape index (κ3) is 2.63. The highest BCUT2D eigenvalue weighted by molar-refractivity contribution is 7.91. The van der Waals surface area contributed by atoms with Crippen LogP contribution in [0.15, 0.2) is 49.1 Å². The van der Waals surface area contributed by atoms with Gasteiger partial charge in [-0.1, -0.05) is 18.2 Å². The van der Waals surface area contributed by atoms with E-state index in [1.165, 1.54) is 0 Å². The summed E-state index contributed by atoms with van der Waals surface area (Å²) in [6, 6.07) is 8.28. The van der Waals surface area contributed by atoms with Gasteiger partial charge in [-0.2, -0.15) is 0 Å². The van der Waals surface area contributed by atoms with Crippen molar-refractivity contribution in [2.75, 3.05) is 11.5 Å². The fourth-order valence-corrected chi connectivity index (χ4v) is 4.76. The molecule has 0 spiro atoms. The topological polar surface area (TPSA) is 64.8 Å². The van der Waals surface area contributed by atoms with Crippen LogP contribution in [0.5, 0.6) is 0 Å². The number of pyridine rings is 1. The predicted molar refractivity (Wildman–Crippen MR) is 89.9 cm³/mol. The maximum Gasteiger partial charge on any atom is 0.150 e. The zero-order valence-corrected chi connectivity index (χ0v) is 13.4. The molecule has 23 heavy (non-hydrogen) atoms. The van der Waals surface area contributed by atoms with Crippen LogP contribution in [-0.4, -0.2) is 34.5 Å². The molecule has 4 rings (SSSR count). The molecule has 1 fully saturated rings. The van der Waals surface area contributed by atoms with Crippen molar-refractivity contribution < 1.29 is 8.42 Å². The Morgan fingerprint density at radius 3 is 2.74 bits per heavy atom. The van der Waals surface area contributed by atoms with E-state index in [1.54, 1.807) is 12.4 Å². The van der Waals surface area contributed by atoms with E-state index >= 15 is 0 Å². The van der Waals surface area contributed by atoms with Crippen LogP contribution in [0, 0.1) is 0 Å². The standard InChI is InChI=1S/C17H17N3O2S/c21-23(22)10-5-14(6-11-23)20-9-8-19-17(20)16-3-1-2-13-12-18-7-4-15(13)16/h1-4,7-9,12,14H,5-6,10-11H2. The Balaban J connectivity index is 1.78. The third-order valence-electron chi connectivity index (χ3n) is 4.51. The molecule has 3 aromatic rings. The zero-order chi connectivity index (χ0) is 15.9. The molecule has 0 N–H and O–H groups in total. The summed E-state index contributed by atoms with van der Waals surface area (Å²) in [4.78, 5) is 8.71. The predicted octanol–water partition coefficient (Wildman–Crippen LogP) is 2.85. The van der Waals surface area contributed by atoms with Crippen LogP contribution in [0.2, 0.25) is 0 Å². The summed E-state index contributed by atoms with van der Waals surface area (Å²) in [5.41, 5.74) is 1.06. The lowest BCUT2D eigenvalue weighted by atomic mass is 10.1. The van der Waals surface area contributed by atoms with Gasteiger partial charge in [-0.15, -0.1) is 0 Å². The summed E-state index contributed by atoms with van der Waals surface area (Å²) in [5, 5.41) is 2.18. The van der Waals surface area contributed by atoms with Crippen molar-refractivity contribution >= 4 is 20.6 Å². The lowest BCUT2D eigenvalue weighted by Crippen LogP contribution is -2.25. The monoisotopic (exact) mass is 327 g/mol. The van der Waals surface area contributed by atoms with Gasteiger partial charge in [0, 0.05) is 41.8 Å². The number of nitrogens with zero attached hydrogens (tertiary/aromatic N) is 3. The van der Waals surface area contributed by atoms with Crippen LogP contribution in [0.1, 0.15) is 18.9 Å². The summed E-state index contributed by atoms with van der Waals surface area (Å²) in [7, 11) is -2.86. The molecule has 3 heterocycles. The third-order valence-corrected chi connectivity index (χ3v) is 6.22. The molecule has 6 heteroatoms. The van der Waals surface area contributed by atoms with E-state index in [2.05, 4.69) is 20.6 Å². The Kier molecular flexibility index (Phi) is 3.41. The van der Waals surface area contributed by atoms with Gasteiger partial charge in [-0.25, -0.2) is 13.4 Å². The van der Waals surface area contributed by atoms with Gasteiger partial charge < -0.3 is 4.57 Å². The van der Waals surface area contributed by atoms with Gasteiger partial charge in [-0.3, -0.25) is 4.98 Å². The summed E-state index contributed by atoms with van der Waals surface area (Å²) < 4.78 is 25.5. The van der Waals surface area contributed by atoms with Crippen LogP contribution in [0.25, 0.3) is 22.2 Å². The highest BCUT2D eigenvalue weighted by atomic mass is 32.2. The van der Waals surface area contributed by atoms with Gasteiger partial charge in [0.25, 0.3) is 0 Å². The van der Waals surface area contributed by atoms with Gasteiger partial charge in [0.1, 0.15) is 15.7 Å². The van der Waals surface area contributed by atoms with E-state index in [4.69, 9.17) is 0 Å². The SMILES string of the molecule is O=S1(=O)CCC(n2ccnc2-c2cccc3cnccc23)CC1. The molecule has 5 nitrogen and oxygen atoms in total. The first-order chi connectivity index (χ1) is 11.1. The molecule has 0 radical (unpaired) electrons. The first-order valence-electron chi connectivity index (χ1n) is 7.70. The molecule has 1 aliphatic rings. The molecule has 0 bridgehead atoms. The molecule has 1 saturated heterocycles. The number of imidazole rings is 1. The van der Waals surface area contributed by atoms with Crippen LogP contribution in [0.4, 0.5) is 0 Å². The number of hydrogen-bond donors (Lipinski definition) is 0. The Bertz CT molecular complexity index is 943. The van der Waals surface area contributed by atoms with Crippen molar-refractivity contribution in [3.05, 3.63) is 49.1 Å². The van der Waals surface area contributed by atoms with Crippen molar-refractivity contribution in [2.45, 2.75) is 18.9 Å². The van der Waals surface area contributed by atoms with Crippen molar-refractivity contribution in [3.63, 3.8) is 0 Å². The number of aromatic nitrogens is 3. The molecule has 0 atom stereocenters. The van der Waals surface area contributed by atoms with Gasteiger partial charge in [0.05, 0.1) is 11.5 Å². The average Bonchev–Trinajstić information content (AvgIpc) is 3.03. The van der Waals surface area contributed by atoms with E-state index in [0.29, 0.717) is 12.8 Å². The van der Waals surface area contributed by atoms with Crippen molar-refractivity contribution in [3.8, 4) is 11.4 Å². The van der Waals surface area contributed by atoms with E-state index in [-0.39, 0.29) is 17.5 Å². The molecule has 1 aliphatic heterocycles. The average molecular weight is 327 g/mol. The summed E-state index contributed by atoms with van der Waals surface area (Å²) in [6.45, 7) is 0. The lowest BCUT2D eigenvalue weighted by molar-refractivity contribution is 0.453. The molecule has 118 valence electrons. The summed E-state index contributed by atoms with van der Waals surface area (Å²) in [5.74, 6) is 1.41. The second kappa shape index (κ2) is 5.45. The molecule has 2 aromatic heterocycles. The van der Waals surface area contributed by atoms with Crippen LogP contribution < -0.4 is 0 Å². The van der Waals surface area contributed by atoms with E-state index in [0.717, 1.165) is 22.2 Å². The fourth-order valence-electron chi connectivity index (χ4n) is 3.29. The van der Waals surface area contributed by atoms with E-state index in [9.17, 15) is 8.42 Å². The van der Waals surface area contributed by atoms with Gasteiger partial charge in [0.15, 0.2) is 0 Å². The smallest absolute Gasteiger partial charge is 0.150 e. The maximum atomic E-state index is 11.7. The fraction of sp³-hybridized carbons (Fsp3) is 0.294. The summed E-state index contributed by atoms with van der Waals surface area (Å²) in [6.07, 6.45) is 8.68. The van der Waals surface area contributed by atoms with Crippen LogP contribution in [0.3, 0.4) is 0 Å². The van der Waals surface area contributed by atoms with Gasteiger partial charge in [-0.05, 0) is 24.3 Å². The normalized spacial score (nSPS) is 18.3. The molecule has 1 aromatic carbocycles. The second-order valence-corrected chi connectivity index (χ2v) is 8.25. The summed E-state index contributed by atoms with van der Waals surface area (Å²) >= 11 is 0. The Labute approximate surface area is 134 Å². The number of rotatable bonds is 2. The zero-order valence-electron chi connectivity index (χ0n) is 12.6. The minimum atomic E-state index is -2.86. The number of hydrogen-bond acceptors (Lipinski definition) is 4. The maximum absolute atomic E-state index is 11.7. The van der Waals surface area contributed by atoms with Crippen molar-refractivity contribution in [1.29, 1.82) is 0 Å². The first-order valence-corrected chi connectivity index (χ1v) is 9.52. The minimum absolute atomic E-state index is 0.188. The Morgan fingerprint density at radius 2 is 1.91 bits per heavy atom. The number of sulfone groups is 1. The molecule has 0 unspecified atom stereocenters. The van der Waals surface area contributed by atoms with Crippen LogP contribution in [-0.2, 0) is 9.84 Å². The van der Waals surface area contributed by atoms with Crippen LogP contribution >= 0.6 is 0 Å². The Morgan fingerprint density at radius 1 is 1.09 bits per heavy atom. The molecule has 0 aliphatic carbocycles. The number of fused-ring (bicyclic) bond motifs is 1. The molecule has 0 saturated carbocycles. The molecular formula is C17H17N3O2S. The molecule has 0 amide bonds. The highest BCUT2D eigenvalue weighted by Crippen LogP contribution is 2.32. The quantitative estimate of drug-likeness (QED) is 0.726. The van der Waals surface area contributed by atoms with Crippen molar-refractivity contribution in [2.24, 2.45) is 0 Å². The number of benzene rings is 1. The van der Waals surface area contributed by atoms with E-state index in [1.807, 2.05) is 30.6 Å². The van der Waals surface area contributed by atoms with Gasteiger partial charge in [0.2, 0.25) is 0 Å². The highest BCUT2D eigenvalue weighted by Gasteiger charge is 2.26. The Hall–Kier alpha value is -2.21. The minimum Gasteiger partial charge on any atom is -0.328 e. The first kappa shape index (κ1) is 14.4.